The summed E-state index contributed by atoms with van der Waals surface area (Å²) < 4.78 is 0. The van der Waals surface area contributed by atoms with Gasteiger partial charge in [-0.2, -0.15) is 0 Å². The summed E-state index contributed by atoms with van der Waals surface area (Å²) in [4.78, 5) is 22.9. The normalized spacial score (nSPS) is 32.5. The summed E-state index contributed by atoms with van der Waals surface area (Å²) in [5.74, 6) is 0.751. The molecule has 4 nitrogen and oxygen atoms in total. The Balaban J connectivity index is 2.14. The zero-order chi connectivity index (χ0) is 11.2. The van der Waals surface area contributed by atoms with Crippen molar-refractivity contribution in [3.8, 4) is 0 Å². The van der Waals surface area contributed by atoms with Crippen molar-refractivity contribution in [1.82, 2.24) is 10.0 Å². The van der Waals surface area contributed by atoms with Gasteiger partial charge >= 0.3 is 0 Å². The third-order valence-electron chi connectivity index (χ3n) is 3.73. The van der Waals surface area contributed by atoms with Gasteiger partial charge in [0.25, 0.3) is 0 Å². The second-order valence-corrected chi connectivity index (χ2v) is 4.99. The number of hydrogen-bond acceptors (Lipinski definition) is 3. The van der Waals surface area contributed by atoms with Crippen molar-refractivity contribution in [3.05, 3.63) is 0 Å². The molecule has 1 saturated heterocycles. The zero-order valence-electron chi connectivity index (χ0n) is 9.62. The van der Waals surface area contributed by atoms with E-state index in [1.165, 1.54) is 19.8 Å². The third-order valence-corrected chi connectivity index (χ3v) is 3.73. The van der Waals surface area contributed by atoms with Gasteiger partial charge in [0.15, 0.2) is 5.78 Å². The van der Waals surface area contributed by atoms with E-state index < -0.39 is 0 Å². The lowest BCUT2D eigenvalue weighted by Crippen LogP contribution is -2.48. The number of amides is 1. The molecule has 0 N–H and O–H groups in total. The Bertz CT molecular complexity index is 312. The predicted octanol–water partition coefficient (Wildman–Crippen LogP) is 0.823. The average Bonchev–Trinajstić information content (AvgIpc) is 2.92. The molecule has 0 aromatic carbocycles. The Labute approximate surface area is 90.2 Å². The van der Waals surface area contributed by atoms with Crippen molar-refractivity contribution in [2.75, 3.05) is 13.6 Å². The lowest BCUT2D eigenvalue weighted by atomic mass is 9.93. The highest BCUT2D eigenvalue weighted by atomic mass is 16.2. The SMILES string of the molecule is CC(=O)CN1C(=O)CC(C)(C2CC2)N1C. The van der Waals surface area contributed by atoms with Crippen LogP contribution in [0.1, 0.15) is 33.1 Å². The van der Waals surface area contributed by atoms with Gasteiger partial charge in [-0.25, -0.2) is 5.01 Å². The fourth-order valence-corrected chi connectivity index (χ4v) is 2.47. The highest BCUT2D eigenvalue weighted by molar-refractivity contribution is 5.86. The summed E-state index contributed by atoms with van der Waals surface area (Å²) in [5, 5.41) is 3.58. The van der Waals surface area contributed by atoms with Crippen molar-refractivity contribution in [1.29, 1.82) is 0 Å². The van der Waals surface area contributed by atoms with Gasteiger partial charge in [0.2, 0.25) is 5.91 Å². The minimum absolute atomic E-state index is 0.0373. The summed E-state index contributed by atoms with van der Waals surface area (Å²) >= 11 is 0. The minimum atomic E-state index is -0.0491. The number of Topliss-reactive ketones (excluding diaryl/α,β-unsaturated/α-hetero) is 1. The van der Waals surface area contributed by atoms with Crippen LogP contribution in [0.25, 0.3) is 0 Å². The van der Waals surface area contributed by atoms with Crippen LogP contribution in [0.4, 0.5) is 0 Å². The topological polar surface area (TPSA) is 40.6 Å². The van der Waals surface area contributed by atoms with Crippen molar-refractivity contribution in [3.63, 3.8) is 0 Å². The summed E-state index contributed by atoms with van der Waals surface area (Å²) in [7, 11) is 1.92. The van der Waals surface area contributed by atoms with Crippen LogP contribution >= 0.6 is 0 Å². The number of hydrogen-bond donors (Lipinski definition) is 0. The molecule has 2 aliphatic rings. The van der Waals surface area contributed by atoms with E-state index in [4.69, 9.17) is 0 Å². The van der Waals surface area contributed by atoms with Gasteiger partial charge in [-0.05, 0) is 32.6 Å². The molecule has 0 aromatic rings. The van der Waals surface area contributed by atoms with Crippen LogP contribution in [-0.4, -0.2) is 40.8 Å². The molecule has 84 valence electrons. The molecule has 4 heteroatoms. The van der Waals surface area contributed by atoms with E-state index in [2.05, 4.69) is 6.92 Å². The van der Waals surface area contributed by atoms with E-state index in [-0.39, 0.29) is 23.8 Å². The maximum atomic E-state index is 11.8. The van der Waals surface area contributed by atoms with Crippen molar-refractivity contribution < 1.29 is 9.59 Å². The summed E-state index contributed by atoms with van der Waals surface area (Å²) in [5.41, 5.74) is -0.0491. The maximum Gasteiger partial charge on any atom is 0.239 e. The van der Waals surface area contributed by atoms with Crippen LogP contribution in [0.2, 0.25) is 0 Å². The molecular formula is C11H18N2O2. The van der Waals surface area contributed by atoms with Crippen LogP contribution < -0.4 is 0 Å². The molecule has 1 saturated carbocycles. The molecular weight excluding hydrogens is 192 g/mol. The molecule has 0 radical (unpaired) electrons. The molecule has 0 aromatic heterocycles. The number of ketones is 1. The van der Waals surface area contributed by atoms with Gasteiger partial charge in [-0.3, -0.25) is 14.6 Å². The second kappa shape index (κ2) is 3.30. The van der Waals surface area contributed by atoms with Gasteiger partial charge in [0.05, 0.1) is 6.54 Å². The number of carbonyl (C=O) groups excluding carboxylic acids is 2. The molecule has 1 atom stereocenters. The van der Waals surface area contributed by atoms with Crippen LogP contribution in [0.15, 0.2) is 0 Å². The number of hydrazine groups is 1. The van der Waals surface area contributed by atoms with Crippen LogP contribution in [0.3, 0.4) is 0 Å². The third kappa shape index (κ3) is 1.67. The van der Waals surface area contributed by atoms with Gasteiger partial charge < -0.3 is 0 Å². The van der Waals surface area contributed by atoms with Crippen LogP contribution in [0.5, 0.6) is 0 Å². The van der Waals surface area contributed by atoms with Crippen LogP contribution in [0, 0.1) is 5.92 Å². The Morgan fingerprint density at radius 3 is 2.60 bits per heavy atom. The fraction of sp³-hybridized carbons (Fsp3) is 0.818. The Kier molecular flexibility index (Phi) is 2.34. The molecule has 1 heterocycles. The van der Waals surface area contributed by atoms with Gasteiger partial charge in [0, 0.05) is 19.0 Å². The van der Waals surface area contributed by atoms with Gasteiger partial charge in [0.1, 0.15) is 0 Å². The van der Waals surface area contributed by atoms with E-state index in [1.807, 2.05) is 12.1 Å². The fourth-order valence-electron chi connectivity index (χ4n) is 2.47. The molecule has 15 heavy (non-hydrogen) atoms. The molecule has 1 unspecified atom stereocenters. The van der Waals surface area contributed by atoms with Gasteiger partial charge in [-0.1, -0.05) is 0 Å². The van der Waals surface area contributed by atoms with Gasteiger partial charge in [-0.15, -0.1) is 0 Å². The Hall–Kier alpha value is -0.900. The monoisotopic (exact) mass is 210 g/mol. The average molecular weight is 210 g/mol. The Morgan fingerprint density at radius 1 is 1.53 bits per heavy atom. The zero-order valence-corrected chi connectivity index (χ0v) is 9.62. The highest BCUT2D eigenvalue weighted by Gasteiger charge is 2.53. The second-order valence-electron chi connectivity index (χ2n) is 4.99. The first-order valence-corrected chi connectivity index (χ1v) is 5.48. The molecule has 1 amide bonds. The summed E-state index contributed by atoms with van der Waals surface area (Å²) in [6.07, 6.45) is 2.98. The number of carbonyl (C=O) groups is 2. The lowest BCUT2D eigenvalue weighted by Gasteiger charge is -2.35. The van der Waals surface area contributed by atoms with E-state index in [0.29, 0.717) is 12.3 Å². The smallest absolute Gasteiger partial charge is 0.239 e. The molecule has 2 rings (SSSR count). The summed E-state index contributed by atoms with van der Waals surface area (Å²) in [6, 6.07) is 0. The molecule has 0 spiro atoms. The van der Waals surface area contributed by atoms with Crippen molar-refractivity contribution >= 4 is 11.7 Å². The minimum Gasteiger partial charge on any atom is -0.298 e. The number of nitrogens with zero attached hydrogens (tertiary/aromatic N) is 2. The molecule has 2 fully saturated rings. The standard InChI is InChI=1S/C11H18N2O2/c1-8(14)7-13-10(15)6-11(2,12(13)3)9-4-5-9/h9H,4-7H2,1-3H3. The first kappa shape index (κ1) is 10.6. The predicted molar refractivity (Wildman–Crippen MR) is 55.9 cm³/mol. The largest absolute Gasteiger partial charge is 0.298 e. The Morgan fingerprint density at radius 2 is 2.13 bits per heavy atom. The maximum absolute atomic E-state index is 11.8. The van der Waals surface area contributed by atoms with Crippen LogP contribution in [-0.2, 0) is 9.59 Å². The molecule has 0 bridgehead atoms. The first-order chi connectivity index (χ1) is 6.95. The molecule has 1 aliphatic heterocycles. The quantitative estimate of drug-likeness (QED) is 0.692. The molecule has 1 aliphatic carbocycles. The highest BCUT2D eigenvalue weighted by Crippen LogP contribution is 2.47. The van der Waals surface area contributed by atoms with E-state index in [9.17, 15) is 9.59 Å². The summed E-state index contributed by atoms with van der Waals surface area (Å²) in [6.45, 7) is 3.87. The first-order valence-electron chi connectivity index (χ1n) is 5.48. The van der Waals surface area contributed by atoms with E-state index in [0.717, 1.165) is 0 Å². The van der Waals surface area contributed by atoms with Crippen molar-refractivity contribution in [2.45, 2.75) is 38.6 Å². The lowest BCUT2D eigenvalue weighted by molar-refractivity contribution is -0.143. The van der Waals surface area contributed by atoms with E-state index in [1.54, 1.807) is 5.01 Å². The van der Waals surface area contributed by atoms with Crippen molar-refractivity contribution in [2.24, 2.45) is 5.92 Å². The van der Waals surface area contributed by atoms with E-state index >= 15 is 0 Å². The number of rotatable bonds is 3.